The number of carbonyl (C=O) groups is 2. The van der Waals surface area contributed by atoms with Crippen molar-refractivity contribution in [3.8, 4) is 6.07 Å². The van der Waals surface area contributed by atoms with Crippen molar-refractivity contribution >= 4 is 35.4 Å². The second-order valence-electron chi connectivity index (χ2n) is 8.08. The molecule has 0 saturated heterocycles. The number of methoxy groups -OCH3 is 1. The number of carbonyl (C=O) groups excluding carboxylic acids is 2. The predicted molar refractivity (Wildman–Crippen MR) is 141 cm³/mol. The van der Waals surface area contributed by atoms with Crippen LogP contribution in [0.2, 0.25) is 0 Å². The van der Waals surface area contributed by atoms with Crippen molar-refractivity contribution in [3.05, 3.63) is 77.1 Å². The molecule has 0 aliphatic carbocycles. The van der Waals surface area contributed by atoms with Gasteiger partial charge >= 0.3 is 18.2 Å². The summed E-state index contributed by atoms with van der Waals surface area (Å²) in [5, 5.41) is 18.1. The van der Waals surface area contributed by atoms with Gasteiger partial charge in [-0.3, -0.25) is 15.2 Å². The van der Waals surface area contributed by atoms with Crippen LogP contribution in [0.1, 0.15) is 25.3 Å². The lowest BCUT2D eigenvalue weighted by atomic mass is 9.89. The second kappa shape index (κ2) is 13.0. The summed E-state index contributed by atoms with van der Waals surface area (Å²) in [7, 11) is 1.13. The minimum absolute atomic E-state index is 0.0828. The molecular formula is C26H28F3N5O3S. The number of amides is 2. The molecule has 1 aromatic rings. The Bertz CT molecular complexity index is 1250. The van der Waals surface area contributed by atoms with Gasteiger partial charge in [-0.2, -0.15) is 30.2 Å². The number of anilines is 1. The van der Waals surface area contributed by atoms with Crippen LogP contribution in [0.5, 0.6) is 0 Å². The first kappa shape index (κ1) is 30.2. The maximum Gasteiger partial charge on any atom is 0.416 e. The summed E-state index contributed by atoms with van der Waals surface area (Å²) in [5.74, 6) is -0.663. The van der Waals surface area contributed by atoms with Crippen LogP contribution in [0, 0.1) is 16.7 Å². The molecule has 1 aliphatic heterocycles. The number of nitrogens with two attached hydrogens (primary N) is 1. The molecule has 3 N–H and O–H groups in total. The van der Waals surface area contributed by atoms with Gasteiger partial charge in [-0.25, -0.2) is 9.59 Å². The zero-order chi connectivity index (χ0) is 28.6. The van der Waals surface area contributed by atoms with Crippen molar-refractivity contribution in [2.45, 2.75) is 32.0 Å². The Kier molecular flexibility index (Phi) is 10.4. The molecule has 38 heavy (non-hydrogen) atoms. The van der Waals surface area contributed by atoms with Gasteiger partial charge in [0.15, 0.2) is 0 Å². The number of guanidine groups is 1. The maximum absolute atomic E-state index is 13.4. The van der Waals surface area contributed by atoms with E-state index >= 15 is 0 Å². The molecule has 0 spiro atoms. The smallest absolute Gasteiger partial charge is 0.416 e. The van der Waals surface area contributed by atoms with E-state index in [-0.39, 0.29) is 22.5 Å². The Morgan fingerprint density at radius 3 is 2.55 bits per heavy atom. The molecule has 0 fully saturated rings. The highest BCUT2D eigenvalue weighted by Gasteiger charge is 2.44. The van der Waals surface area contributed by atoms with Gasteiger partial charge in [-0.1, -0.05) is 24.8 Å². The highest BCUT2D eigenvalue weighted by molar-refractivity contribution is 7.98. The fraction of sp³-hybridized carbons (Fsp3) is 0.308. The molecule has 1 aliphatic rings. The predicted octanol–water partition coefficient (Wildman–Crippen LogP) is 5.36. The van der Waals surface area contributed by atoms with E-state index in [1.54, 1.807) is 17.8 Å². The van der Waals surface area contributed by atoms with E-state index in [1.165, 1.54) is 25.1 Å². The molecule has 1 heterocycles. The number of alkyl halides is 3. The Hall–Kier alpha value is -3.98. The van der Waals surface area contributed by atoms with E-state index in [4.69, 9.17) is 15.9 Å². The number of allylic oxidation sites excluding steroid dienone is 5. The van der Waals surface area contributed by atoms with E-state index in [2.05, 4.69) is 6.58 Å². The van der Waals surface area contributed by atoms with Gasteiger partial charge in [-0.05, 0) is 61.6 Å². The first-order valence-corrected chi connectivity index (χ1v) is 12.7. The van der Waals surface area contributed by atoms with Crippen molar-refractivity contribution in [3.63, 3.8) is 0 Å². The number of nitrogens with one attached hydrogen (secondary N) is 1. The van der Waals surface area contributed by atoms with Gasteiger partial charge in [0.05, 0.1) is 35.9 Å². The standard InChI is InChI=1S/C26H28F3N5O3S/c1-5-17(15-30)11-12-18(8-7-13-38-4)22-21(23(35)37-3)16(2)33(24(31)34(22)25(32)36)20-10-6-9-19(14-20)26(27,28)29/h5-6,9-12,14,22,31H,1,7-8,13H2,2-4H3,(H2,32,36)/b17-11+,18-12+,31-24?/t22-/m1/s1. The van der Waals surface area contributed by atoms with Crippen LogP contribution >= 0.6 is 11.8 Å². The zero-order valence-electron chi connectivity index (χ0n) is 21.1. The molecule has 0 saturated carbocycles. The Morgan fingerprint density at radius 2 is 2.03 bits per heavy atom. The summed E-state index contributed by atoms with van der Waals surface area (Å²) in [4.78, 5) is 27.7. The van der Waals surface area contributed by atoms with Crippen LogP contribution in [0.25, 0.3) is 0 Å². The van der Waals surface area contributed by atoms with Gasteiger partial charge < -0.3 is 10.5 Å². The van der Waals surface area contributed by atoms with Crippen LogP contribution in [0.4, 0.5) is 23.7 Å². The lowest BCUT2D eigenvalue weighted by Gasteiger charge is -2.43. The van der Waals surface area contributed by atoms with E-state index in [9.17, 15) is 28.0 Å². The third-order valence-corrected chi connectivity index (χ3v) is 6.46. The summed E-state index contributed by atoms with van der Waals surface area (Å²) in [5.41, 5.74) is 5.31. The number of nitriles is 1. The summed E-state index contributed by atoms with van der Waals surface area (Å²) in [6, 6.07) is 3.83. The molecule has 0 bridgehead atoms. The van der Waals surface area contributed by atoms with Crippen LogP contribution in [0.15, 0.2) is 71.5 Å². The number of rotatable bonds is 9. The van der Waals surface area contributed by atoms with Crippen molar-refractivity contribution in [1.82, 2.24) is 4.90 Å². The van der Waals surface area contributed by atoms with E-state index in [0.717, 1.165) is 40.9 Å². The fourth-order valence-corrected chi connectivity index (χ4v) is 4.44. The van der Waals surface area contributed by atoms with Crippen molar-refractivity contribution in [2.24, 2.45) is 5.73 Å². The summed E-state index contributed by atoms with van der Waals surface area (Å²) in [6.07, 6.45) is 2.59. The minimum Gasteiger partial charge on any atom is -0.466 e. The van der Waals surface area contributed by atoms with E-state index in [0.29, 0.717) is 18.4 Å². The third-order valence-electron chi connectivity index (χ3n) is 5.76. The normalized spacial score (nSPS) is 16.9. The first-order valence-electron chi connectivity index (χ1n) is 11.3. The number of esters is 1. The highest BCUT2D eigenvalue weighted by Crippen LogP contribution is 2.38. The number of hydrogen-bond donors (Lipinski definition) is 2. The zero-order valence-corrected chi connectivity index (χ0v) is 21.9. The molecule has 0 unspecified atom stereocenters. The van der Waals surface area contributed by atoms with Gasteiger partial charge in [0.25, 0.3) is 0 Å². The molecule has 202 valence electrons. The second-order valence-corrected chi connectivity index (χ2v) is 9.07. The molecule has 2 amide bonds. The molecule has 1 aromatic carbocycles. The Labute approximate surface area is 223 Å². The summed E-state index contributed by atoms with van der Waals surface area (Å²) >= 11 is 1.58. The first-order chi connectivity index (χ1) is 17.9. The highest BCUT2D eigenvalue weighted by atomic mass is 32.2. The van der Waals surface area contributed by atoms with Gasteiger partial charge in [-0.15, -0.1) is 0 Å². The molecule has 1 atom stereocenters. The molecule has 2 rings (SSSR count). The lowest BCUT2D eigenvalue weighted by molar-refractivity contribution is -0.138. The fourth-order valence-electron chi connectivity index (χ4n) is 4.01. The number of halogens is 3. The maximum atomic E-state index is 13.4. The van der Waals surface area contributed by atoms with E-state index < -0.39 is 35.7 Å². The Balaban J connectivity index is 2.88. The van der Waals surface area contributed by atoms with Crippen molar-refractivity contribution in [1.29, 1.82) is 10.7 Å². The lowest BCUT2D eigenvalue weighted by Crippen LogP contribution is -2.59. The number of urea groups is 1. The van der Waals surface area contributed by atoms with Crippen molar-refractivity contribution < 1.29 is 27.5 Å². The number of nitrogens with zero attached hydrogens (tertiary/aromatic N) is 3. The summed E-state index contributed by atoms with van der Waals surface area (Å²) < 4.78 is 45.3. The SMILES string of the molecule is C=C/C(C#N)=C\C=C(/CCCSC)[C@@H]1C(C(=O)OC)=C(C)N(c2cccc(C(F)(F)F)c2)C(=N)N1C(N)=O. The average Bonchev–Trinajstić information content (AvgIpc) is 2.87. The average molecular weight is 548 g/mol. The molecule has 8 nitrogen and oxygen atoms in total. The Morgan fingerprint density at radius 1 is 1.34 bits per heavy atom. The topological polar surface area (TPSA) is 124 Å². The molecule has 12 heteroatoms. The number of primary amides is 1. The molecular weight excluding hydrogens is 519 g/mol. The van der Waals surface area contributed by atoms with Crippen LogP contribution in [0.3, 0.4) is 0 Å². The quantitative estimate of drug-likeness (QED) is 0.186. The van der Waals surface area contributed by atoms with Crippen LogP contribution in [-0.2, 0) is 15.7 Å². The van der Waals surface area contributed by atoms with Gasteiger partial charge in [0, 0.05) is 11.4 Å². The number of hydrogen-bond acceptors (Lipinski definition) is 6. The van der Waals surface area contributed by atoms with E-state index in [1.807, 2.05) is 12.3 Å². The van der Waals surface area contributed by atoms with Gasteiger partial charge in [0.1, 0.15) is 0 Å². The summed E-state index contributed by atoms with van der Waals surface area (Å²) in [6.45, 7) is 5.03. The largest absolute Gasteiger partial charge is 0.466 e. The van der Waals surface area contributed by atoms with Crippen molar-refractivity contribution in [2.75, 3.05) is 24.0 Å². The van der Waals surface area contributed by atoms with Crippen LogP contribution in [-0.4, -0.2) is 48.0 Å². The number of benzene rings is 1. The van der Waals surface area contributed by atoms with Crippen LogP contribution < -0.4 is 10.6 Å². The molecule has 0 radical (unpaired) electrons. The third kappa shape index (κ3) is 6.66. The molecule has 0 aromatic heterocycles. The number of ether oxygens (including phenoxy) is 1. The number of thioether (sulfide) groups is 1. The monoisotopic (exact) mass is 547 g/mol. The van der Waals surface area contributed by atoms with Gasteiger partial charge in [0.2, 0.25) is 5.96 Å². The minimum atomic E-state index is -4.66.